The zero-order chi connectivity index (χ0) is 18.4. The summed E-state index contributed by atoms with van der Waals surface area (Å²) in [5.74, 6) is -1.48. The summed E-state index contributed by atoms with van der Waals surface area (Å²) in [5.41, 5.74) is 5.95. The molecule has 0 aliphatic carbocycles. The van der Waals surface area contributed by atoms with E-state index in [1.807, 2.05) is 5.32 Å². The summed E-state index contributed by atoms with van der Waals surface area (Å²) in [5, 5.41) is 4.85. The quantitative estimate of drug-likeness (QED) is 0.556. The Morgan fingerprint density at radius 2 is 2.20 bits per heavy atom. The summed E-state index contributed by atoms with van der Waals surface area (Å²) in [6.45, 7) is 5.19. The van der Waals surface area contributed by atoms with E-state index >= 15 is 0 Å². The standard InChI is InChI=1S/C16H23N3O5S/c1-3-23-16(22)12-9(2)13(14(17)21)25-15(12)19-11(20)8-18-7-10-5-4-6-24-10/h10,18H,3-8H2,1-2H3,(H2,17,21)(H,19,20)/p+1/t10-/m0/s1. The zero-order valence-electron chi connectivity index (χ0n) is 14.4. The molecular weight excluding hydrogens is 346 g/mol. The van der Waals surface area contributed by atoms with Crippen LogP contribution in [0.15, 0.2) is 0 Å². The number of amides is 2. The molecule has 5 N–H and O–H groups in total. The number of nitrogens with two attached hydrogens (primary N) is 2. The van der Waals surface area contributed by atoms with Gasteiger partial charge in [0.25, 0.3) is 11.8 Å². The van der Waals surface area contributed by atoms with E-state index in [0.717, 1.165) is 30.8 Å². The predicted octanol–water partition coefficient (Wildman–Crippen LogP) is 0.0130. The van der Waals surface area contributed by atoms with Crippen LogP contribution in [0.5, 0.6) is 0 Å². The number of carbonyl (C=O) groups is 3. The summed E-state index contributed by atoms with van der Waals surface area (Å²) in [6, 6.07) is 0. The largest absolute Gasteiger partial charge is 0.462 e. The number of anilines is 1. The van der Waals surface area contributed by atoms with Crippen LogP contribution in [0.4, 0.5) is 5.00 Å². The molecule has 0 unspecified atom stereocenters. The summed E-state index contributed by atoms with van der Waals surface area (Å²) in [4.78, 5) is 36.1. The van der Waals surface area contributed by atoms with E-state index < -0.39 is 11.9 Å². The van der Waals surface area contributed by atoms with E-state index in [2.05, 4.69) is 5.32 Å². The maximum atomic E-state index is 12.2. The van der Waals surface area contributed by atoms with E-state index in [4.69, 9.17) is 15.2 Å². The number of thiophene rings is 1. The fraction of sp³-hybridized carbons (Fsp3) is 0.562. The maximum Gasteiger partial charge on any atom is 0.341 e. The van der Waals surface area contributed by atoms with Gasteiger partial charge in [0.2, 0.25) is 0 Å². The minimum atomic E-state index is -0.640. The lowest BCUT2D eigenvalue weighted by Crippen LogP contribution is -2.88. The molecule has 1 aliphatic heterocycles. The first kappa shape index (κ1) is 19.4. The number of primary amides is 1. The van der Waals surface area contributed by atoms with Gasteiger partial charge in [-0.05, 0) is 32.3 Å². The van der Waals surface area contributed by atoms with Crippen LogP contribution < -0.4 is 16.4 Å². The van der Waals surface area contributed by atoms with Crippen LogP contribution in [0.25, 0.3) is 0 Å². The molecule has 0 aromatic carbocycles. The minimum Gasteiger partial charge on any atom is -0.462 e. The van der Waals surface area contributed by atoms with Crippen molar-refractivity contribution in [3.63, 3.8) is 0 Å². The van der Waals surface area contributed by atoms with E-state index in [1.165, 1.54) is 0 Å². The van der Waals surface area contributed by atoms with Gasteiger partial charge in [-0.25, -0.2) is 4.79 Å². The second-order valence-electron chi connectivity index (χ2n) is 5.76. The third-order valence-corrected chi connectivity index (χ3v) is 5.11. The predicted molar refractivity (Wildman–Crippen MR) is 92.8 cm³/mol. The highest BCUT2D eigenvalue weighted by molar-refractivity contribution is 7.18. The van der Waals surface area contributed by atoms with Crippen molar-refractivity contribution in [1.29, 1.82) is 0 Å². The SMILES string of the molecule is CCOC(=O)c1c(NC(=O)C[NH2+]C[C@@H]2CCCO2)sc(C(N)=O)c1C. The number of rotatable bonds is 8. The van der Waals surface area contributed by atoms with Crippen molar-refractivity contribution >= 4 is 34.1 Å². The van der Waals surface area contributed by atoms with E-state index in [9.17, 15) is 14.4 Å². The van der Waals surface area contributed by atoms with Gasteiger partial charge >= 0.3 is 5.97 Å². The molecule has 2 heterocycles. The van der Waals surface area contributed by atoms with Gasteiger partial charge in [0.15, 0.2) is 6.54 Å². The Bertz CT molecular complexity index is 652. The minimum absolute atomic E-state index is 0.188. The number of esters is 1. The molecule has 0 spiro atoms. The number of carbonyl (C=O) groups excluding carboxylic acids is 3. The fourth-order valence-corrected chi connectivity index (χ4v) is 3.76. The second kappa shape index (κ2) is 8.93. The lowest BCUT2D eigenvalue weighted by molar-refractivity contribution is -0.649. The summed E-state index contributed by atoms with van der Waals surface area (Å²) in [6.07, 6.45) is 2.25. The number of ether oxygens (including phenoxy) is 2. The molecule has 0 bridgehead atoms. The molecule has 0 radical (unpaired) electrons. The van der Waals surface area contributed by atoms with Crippen LogP contribution in [-0.2, 0) is 14.3 Å². The molecule has 9 heteroatoms. The van der Waals surface area contributed by atoms with Crippen LogP contribution in [0.2, 0.25) is 0 Å². The van der Waals surface area contributed by atoms with E-state index in [0.29, 0.717) is 17.1 Å². The monoisotopic (exact) mass is 370 g/mol. The lowest BCUT2D eigenvalue weighted by Gasteiger charge is -2.09. The molecule has 1 atom stereocenters. The van der Waals surface area contributed by atoms with Gasteiger partial charge in [-0.1, -0.05) is 0 Å². The maximum absolute atomic E-state index is 12.2. The number of nitrogens with one attached hydrogen (secondary N) is 1. The molecule has 2 rings (SSSR count). The topological polar surface area (TPSA) is 124 Å². The van der Waals surface area contributed by atoms with Crippen LogP contribution in [0.3, 0.4) is 0 Å². The molecule has 1 aliphatic rings. The summed E-state index contributed by atoms with van der Waals surface area (Å²) in [7, 11) is 0. The first-order chi connectivity index (χ1) is 11.9. The van der Waals surface area contributed by atoms with Gasteiger partial charge in [-0.15, -0.1) is 11.3 Å². The first-order valence-electron chi connectivity index (χ1n) is 8.27. The van der Waals surface area contributed by atoms with Crippen molar-refractivity contribution in [3.8, 4) is 0 Å². The fourth-order valence-electron chi connectivity index (χ4n) is 2.69. The van der Waals surface area contributed by atoms with Crippen molar-refractivity contribution in [2.45, 2.75) is 32.8 Å². The van der Waals surface area contributed by atoms with Crippen LogP contribution in [-0.4, -0.2) is 50.2 Å². The molecule has 25 heavy (non-hydrogen) atoms. The Balaban J connectivity index is 2.03. The molecular formula is C16H24N3O5S+. The van der Waals surface area contributed by atoms with Crippen LogP contribution >= 0.6 is 11.3 Å². The average molecular weight is 370 g/mol. The van der Waals surface area contributed by atoms with Gasteiger partial charge in [0, 0.05) is 6.61 Å². The molecule has 1 aromatic rings. The van der Waals surface area contributed by atoms with Crippen molar-refractivity contribution in [1.82, 2.24) is 0 Å². The first-order valence-corrected chi connectivity index (χ1v) is 9.09. The molecule has 1 saturated heterocycles. The van der Waals surface area contributed by atoms with Crippen molar-refractivity contribution in [3.05, 3.63) is 16.0 Å². The Hall–Kier alpha value is -1.97. The van der Waals surface area contributed by atoms with E-state index in [-0.39, 0.29) is 35.6 Å². The van der Waals surface area contributed by atoms with Crippen LogP contribution in [0, 0.1) is 6.92 Å². The second-order valence-corrected chi connectivity index (χ2v) is 6.78. The third-order valence-electron chi connectivity index (χ3n) is 3.89. The highest BCUT2D eigenvalue weighted by Crippen LogP contribution is 2.33. The Morgan fingerprint density at radius 3 is 2.80 bits per heavy atom. The lowest BCUT2D eigenvalue weighted by atomic mass is 10.1. The average Bonchev–Trinajstić information content (AvgIpc) is 3.15. The Kier molecular flexibility index (Phi) is 6.91. The van der Waals surface area contributed by atoms with Gasteiger partial charge in [0.05, 0.1) is 17.0 Å². The number of hydrogen-bond acceptors (Lipinski definition) is 6. The molecule has 138 valence electrons. The molecule has 1 fully saturated rings. The number of hydrogen-bond donors (Lipinski definition) is 3. The zero-order valence-corrected chi connectivity index (χ0v) is 15.2. The van der Waals surface area contributed by atoms with Gasteiger partial charge in [0.1, 0.15) is 17.6 Å². The van der Waals surface area contributed by atoms with Gasteiger partial charge in [-0.3, -0.25) is 9.59 Å². The van der Waals surface area contributed by atoms with E-state index in [1.54, 1.807) is 13.8 Å². The normalized spacial score (nSPS) is 16.6. The Morgan fingerprint density at radius 1 is 1.44 bits per heavy atom. The highest BCUT2D eigenvalue weighted by atomic mass is 32.1. The third kappa shape index (κ3) is 5.00. The highest BCUT2D eigenvalue weighted by Gasteiger charge is 2.26. The molecule has 1 aromatic heterocycles. The summed E-state index contributed by atoms with van der Waals surface area (Å²) < 4.78 is 10.5. The molecule has 0 saturated carbocycles. The van der Waals surface area contributed by atoms with Crippen molar-refractivity contribution in [2.24, 2.45) is 5.73 Å². The van der Waals surface area contributed by atoms with Gasteiger partial charge in [-0.2, -0.15) is 0 Å². The van der Waals surface area contributed by atoms with Crippen molar-refractivity contribution < 1.29 is 29.2 Å². The number of quaternary nitrogens is 1. The smallest absolute Gasteiger partial charge is 0.341 e. The molecule has 8 nitrogen and oxygen atoms in total. The summed E-state index contributed by atoms with van der Waals surface area (Å²) >= 11 is 0.990. The van der Waals surface area contributed by atoms with Crippen molar-refractivity contribution in [2.75, 3.05) is 31.6 Å². The Labute approximate surface area is 150 Å². The molecule has 2 amide bonds. The van der Waals surface area contributed by atoms with Crippen LogP contribution in [0.1, 0.15) is 45.4 Å². The van der Waals surface area contributed by atoms with Gasteiger partial charge < -0.3 is 25.8 Å².